The topological polar surface area (TPSA) is 193 Å². The highest BCUT2D eigenvalue weighted by Gasteiger charge is 2.37. The lowest BCUT2D eigenvalue weighted by Gasteiger charge is -2.30. The average Bonchev–Trinajstić information content (AvgIpc) is 3.54. The summed E-state index contributed by atoms with van der Waals surface area (Å²) in [6.45, 7) is 2.09. The zero-order valence-electron chi connectivity index (χ0n) is 20.0. The molecule has 2 aliphatic heterocycles. The van der Waals surface area contributed by atoms with Gasteiger partial charge in [-0.1, -0.05) is 0 Å². The number of pyridine rings is 2. The third kappa shape index (κ3) is 5.51. The van der Waals surface area contributed by atoms with Crippen molar-refractivity contribution in [1.82, 2.24) is 29.5 Å². The Bertz CT molecular complexity index is 1270. The van der Waals surface area contributed by atoms with Crippen molar-refractivity contribution in [3.63, 3.8) is 0 Å². The van der Waals surface area contributed by atoms with E-state index in [1.54, 1.807) is 47.8 Å². The van der Waals surface area contributed by atoms with Crippen molar-refractivity contribution in [2.75, 3.05) is 31.6 Å². The van der Waals surface area contributed by atoms with Crippen LogP contribution in [0.25, 0.3) is 11.3 Å². The van der Waals surface area contributed by atoms with Crippen molar-refractivity contribution in [1.29, 1.82) is 0 Å². The van der Waals surface area contributed by atoms with Gasteiger partial charge in [0.2, 0.25) is 5.91 Å². The zero-order chi connectivity index (χ0) is 26.0. The number of amides is 4. The molecule has 0 unspecified atom stereocenters. The van der Waals surface area contributed by atoms with E-state index in [1.807, 2.05) is 0 Å². The summed E-state index contributed by atoms with van der Waals surface area (Å²) in [4.78, 5) is 37.0. The maximum atomic E-state index is 12.8. The SMILES string of the molecule is NC(N)(N)n1cc(-c2cc(Oc3ccc(NC(=O)N4CCN(C5CCOCC5)C4=O)nc3)ccn2)cn1. The first-order chi connectivity index (χ1) is 17.8. The Morgan fingerprint density at radius 1 is 1.08 bits per heavy atom. The maximum Gasteiger partial charge on any atom is 0.331 e. The lowest BCUT2D eigenvalue weighted by atomic mass is 10.1. The number of nitrogens with two attached hydrogens (primary N) is 3. The molecule has 0 spiro atoms. The van der Waals surface area contributed by atoms with Crippen LogP contribution in [0.2, 0.25) is 0 Å². The minimum absolute atomic E-state index is 0.106. The normalized spacial score (nSPS) is 16.8. The first kappa shape index (κ1) is 24.6. The van der Waals surface area contributed by atoms with Gasteiger partial charge < -0.3 is 14.4 Å². The number of hydrogen-bond acceptors (Lipinski definition) is 10. The summed E-state index contributed by atoms with van der Waals surface area (Å²) in [5, 5.41) is 6.73. The number of aromatic nitrogens is 4. The van der Waals surface area contributed by atoms with Gasteiger partial charge in [-0.25, -0.2) is 24.2 Å². The van der Waals surface area contributed by atoms with Crippen LogP contribution >= 0.6 is 0 Å². The molecule has 7 N–H and O–H groups in total. The first-order valence-corrected chi connectivity index (χ1v) is 11.8. The third-order valence-corrected chi connectivity index (χ3v) is 6.13. The minimum atomic E-state index is -1.62. The van der Waals surface area contributed by atoms with Crippen LogP contribution in [0.3, 0.4) is 0 Å². The predicted octanol–water partition coefficient (Wildman–Crippen LogP) is 1.02. The molecule has 4 amide bonds. The van der Waals surface area contributed by atoms with Crippen LogP contribution in [-0.4, -0.2) is 74.0 Å². The van der Waals surface area contributed by atoms with Crippen molar-refractivity contribution >= 4 is 17.9 Å². The molecule has 0 saturated carbocycles. The van der Waals surface area contributed by atoms with Crippen LogP contribution in [-0.2, 0) is 10.6 Å². The molecular formula is C23H28N10O4. The Hall–Kier alpha value is -4.11. The Morgan fingerprint density at radius 2 is 1.89 bits per heavy atom. The number of carbonyl (C=O) groups is 2. The van der Waals surface area contributed by atoms with E-state index in [-0.39, 0.29) is 12.1 Å². The summed E-state index contributed by atoms with van der Waals surface area (Å²) < 4.78 is 12.5. The molecule has 14 heteroatoms. The fourth-order valence-electron chi connectivity index (χ4n) is 4.21. The molecular weight excluding hydrogens is 480 g/mol. The number of imide groups is 1. The van der Waals surface area contributed by atoms with Crippen molar-refractivity contribution in [3.05, 3.63) is 49.1 Å². The van der Waals surface area contributed by atoms with E-state index >= 15 is 0 Å². The molecule has 5 rings (SSSR count). The second-order valence-corrected chi connectivity index (χ2v) is 8.82. The monoisotopic (exact) mass is 508 g/mol. The van der Waals surface area contributed by atoms with Crippen LogP contribution in [0, 0.1) is 0 Å². The second-order valence-electron chi connectivity index (χ2n) is 8.82. The van der Waals surface area contributed by atoms with Gasteiger partial charge >= 0.3 is 12.1 Å². The molecule has 0 radical (unpaired) electrons. The molecule has 194 valence electrons. The van der Waals surface area contributed by atoms with E-state index in [4.69, 9.17) is 26.7 Å². The quantitative estimate of drug-likeness (QED) is 0.349. The second kappa shape index (κ2) is 10.1. The van der Waals surface area contributed by atoms with Crippen LogP contribution in [0.15, 0.2) is 49.1 Å². The third-order valence-electron chi connectivity index (χ3n) is 6.13. The molecule has 3 aromatic heterocycles. The lowest BCUT2D eigenvalue weighted by Crippen LogP contribution is -2.59. The van der Waals surface area contributed by atoms with Crippen molar-refractivity contribution < 1.29 is 19.1 Å². The van der Waals surface area contributed by atoms with Gasteiger partial charge in [0.25, 0.3) is 0 Å². The Labute approximate surface area is 212 Å². The van der Waals surface area contributed by atoms with Gasteiger partial charge in [0, 0.05) is 56.4 Å². The van der Waals surface area contributed by atoms with Gasteiger partial charge in [0.1, 0.15) is 17.3 Å². The molecule has 0 aliphatic carbocycles. The van der Waals surface area contributed by atoms with Gasteiger partial charge in [0.05, 0.1) is 18.1 Å². The molecule has 5 heterocycles. The zero-order valence-corrected chi connectivity index (χ0v) is 20.0. The molecule has 0 atom stereocenters. The number of carbonyl (C=O) groups excluding carboxylic acids is 2. The number of ether oxygens (including phenoxy) is 2. The summed E-state index contributed by atoms with van der Waals surface area (Å²) in [6, 6.07) is 5.95. The van der Waals surface area contributed by atoms with Crippen LogP contribution in [0.4, 0.5) is 15.4 Å². The largest absolute Gasteiger partial charge is 0.456 e. The highest BCUT2D eigenvalue weighted by molar-refractivity contribution is 6.01. The molecule has 0 bridgehead atoms. The number of hydrogen-bond donors (Lipinski definition) is 4. The van der Waals surface area contributed by atoms with E-state index in [2.05, 4.69) is 20.4 Å². The molecule has 14 nitrogen and oxygen atoms in total. The van der Waals surface area contributed by atoms with E-state index in [1.165, 1.54) is 15.8 Å². The summed E-state index contributed by atoms with van der Waals surface area (Å²) in [5.74, 6) is -0.377. The molecule has 0 aromatic carbocycles. The molecule has 2 fully saturated rings. The number of urea groups is 2. The van der Waals surface area contributed by atoms with Gasteiger partial charge in [-0.15, -0.1) is 0 Å². The average molecular weight is 509 g/mol. The van der Waals surface area contributed by atoms with Gasteiger partial charge in [-0.3, -0.25) is 27.5 Å². The summed E-state index contributed by atoms with van der Waals surface area (Å²) in [6.07, 6.45) is 7.74. The predicted molar refractivity (Wildman–Crippen MR) is 132 cm³/mol. The molecule has 37 heavy (non-hydrogen) atoms. The van der Waals surface area contributed by atoms with Gasteiger partial charge in [0.15, 0.2) is 0 Å². The smallest absolute Gasteiger partial charge is 0.331 e. The molecule has 3 aromatic rings. The number of nitrogens with zero attached hydrogens (tertiary/aromatic N) is 6. The lowest BCUT2D eigenvalue weighted by molar-refractivity contribution is 0.0510. The van der Waals surface area contributed by atoms with Crippen LogP contribution < -0.4 is 27.3 Å². The number of nitrogens with one attached hydrogen (secondary N) is 1. The Kier molecular flexibility index (Phi) is 6.71. The number of anilines is 1. The molecule has 2 aliphatic rings. The van der Waals surface area contributed by atoms with Crippen LogP contribution in [0.1, 0.15) is 12.8 Å². The Balaban J connectivity index is 1.19. The van der Waals surface area contributed by atoms with Crippen LogP contribution in [0.5, 0.6) is 11.5 Å². The van der Waals surface area contributed by atoms with E-state index in [0.717, 1.165) is 12.8 Å². The van der Waals surface area contributed by atoms with E-state index in [0.29, 0.717) is 54.9 Å². The van der Waals surface area contributed by atoms with E-state index in [9.17, 15) is 9.59 Å². The minimum Gasteiger partial charge on any atom is -0.456 e. The fraction of sp³-hybridized carbons (Fsp3) is 0.348. The highest BCUT2D eigenvalue weighted by Crippen LogP contribution is 2.26. The summed E-state index contributed by atoms with van der Waals surface area (Å²) in [7, 11) is 0. The summed E-state index contributed by atoms with van der Waals surface area (Å²) >= 11 is 0. The summed E-state index contributed by atoms with van der Waals surface area (Å²) in [5.41, 5.74) is 18.2. The maximum absolute atomic E-state index is 12.8. The molecule has 2 saturated heterocycles. The van der Waals surface area contributed by atoms with Gasteiger partial charge in [-0.05, 0) is 31.0 Å². The van der Waals surface area contributed by atoms with Crippen molar-refractivity contribution in [3.8, 4) is 22.8 Å². The highest BCUT2D eigenvalue weighted by atomic mass is 16.5. The Morgan fingerprint density at radius 3 is 2.59 bits per heavy atom. The van der Waals surface area contributed by atoms with Crippen molar-refractivity contribution in [2.24, 2.45) is 17.2 Å². The first-order valence-electron chi connectivity index (χ1n) is 11.8. The van der Waals surface area contributed by atoms with Gasteiger partial charge in [-0.2, -0.15) is 5.10 Å². The standard InChI is InChI=1S/C23H28N10O4/c24-23(25,26)33-14-15(12-29-33)19-11-17(3-6-27-19)37-18-1-2-20(28-13-18)30-21(34)32-8-7-31(22(32)35)16-4-9-36-10-5-16/h1-3,6,11-14,16H,4-5,7-10,24-26H2,(H,28,30,34). The fourth-order valence-corrected chi connectivity index (χ4v) is 4.21. The van der Waals surface area contributed by atoms with E-state index < -0.39 is 11.9 Å². The number of rotatable bonds is 6. The van der Waals surface area contributed by atoms with Crippen molar-refractivity contribution in [2.45, 2.75) is 24.8 Å².